The van der Waals surface area contributed by atoms with Gasteiger partial charge in [0.15, 0.2) is 0 Å². The molecule has 0 heterocycles. The zero-order valence-corrected chi connectivity index (χ0v) is 12.7. The summed E-state index contributed by atoms with van der Waals surface area (Å²) in [5.74, 6) is 0.220. The van der Waals surface area contributed by atoms with Crippen molar-refractivity contribution in [2.24, 2.45) is 0 Å². The molecule has 1 aromatic rings. The van der Waals surface area contributed by atoms with E-state index in [1.54, 1.807) is 0 Å². The number of phenolic OH excluding ortho intramolecular Hbond substituents is 1. The second-order valence-corrected chi connectivity index (χ2v) is 5.91. The number of aryl methyl sites for hydroxylation is 1. The van der Waals surface area contributed by atoms with Crippen LogP contribution in [0.1, 0.15) is 44.2 Å². The van der Waals surface area contributed by atoms with E-state index in [2.05, 4.69) is 18.7 Å². The first kappa shape index (κ1) is 14.7. The van der Waals surface area contributed by atoms with E-state index in [9.17, 15) is 5.11 Å². The summed E-state index contributed by atoms with van der Waals surface area (Å²) < 4.78 is 0. The maximum Gasteiger partial charge on any atom is 0.134 e. The molecule has 1 unspecified atom stereocenters. The summed E-state index contributed by atoms with van der Waals surface area (Å²) in [5, 5.41) is 10.2. The molecular weight excluding hydrogens is 258 g/mol. The van der Waals surface area contributed by atoms with Crippen LogP contribution in [0, 0.1) is 0 Å². The zero-order valence-electron chi connectivity index (χ0n) is 12.0. The summed E-state index contributed by atoms with van der Waals surface area (Å²) in [4.78, 5) is 2.61. The fourth-order valence-electron chi connectivity index (χ4n) is 3.11. The maximum atomic E-state index is 9.68. The van der Waals surface area contributed by atoms with Crippen molar-refractivity contribution in [2.75, 3.05) is 13.1 Å². The Bertz CT molecular complexity index is 427. The van der Waals surface area contributed by atoms with Crippen LogP contribution in [-0.2, 0) is 12.8 Å². The van der Waals surface area contributed by atoms with Crippen molar-refractivity contribution in [2.45, 2.75) is 52.0 Å². The number of rotatable bonds is 5. The molecule has 2 nitrogen and oxygen atoms in total. The average Bonchev–Trinajstić information content (AvgIpc) is 2.39. The van der Waals surface area contributed by atoms with Crippen LogP contribution >= 0.6 is 11.6 Å². The number of nitrogens with zero attached hydrogens (tertiary/aromatic N) is 1. The van der Waals surface area contributed by atoms with Gasteiger partial charge in [0.2, 0.25) is 0 Å². The summed E-state index contributed by atoms with van der Waals surface area (Å²) >= 11 is 6.03. The van der Waals surface area contributed by atoms with Gasteiger partial charge in [-0.2, -0.15) is 0 Å². The Morgan fingerprint density at radius 2 is 1.89 bits per heavy atom. The Hall–Kier alpha value is -0.730. The quantitative estimate of drug-likeness (QED) is 0.881. The molecule has 1 aliphatic carbocycles. The van der Waals surface area contributed by atoms with Crippen LogP contribution in [0.2, 0.25) is 5.02 Å². The van der Waals surface area contributed by atoms with Crippen molar-refractivity contribution in [1.29, 1.82) is 0 Å². The molecule has 0 aromatic heterocycles. The first-order valence-corrected chi connectivity index (χ1v) is 7.77. The number of halogens is 1. The van der Waals surface area contributed by atoms with Crippen LogP contribution in [0.25, 0.3) is 0 Å². The number of fused-ring (bicyclic) bond motifs is 1. The van der Waals surface area contributed by atoms with E-state index >= 15 is 0 Å². The van der Waals surface area contributed by atoms with Crippen molar-refractivity contribution in [1.82, 2.24) is 4.90 Å². The number of phenols is 1. The topological polar surface area (TPSA) is 23.5 Å². The molecule has 1 N–H and O–H groups in total. The Morgan fingerprint density at radius 3 is 2.53 bits per heavy atom. The summed E-state index contributed by atoms with van der Waals surface area (Å²) in [7, 11) is 0. The van der Waals surface area contributed by atoms with Crippen LogP contribution in [0.15, 0.2) is 12.1 Å². The second-order valence-electron chi connectivity index (χ2n) is 5.50. The molecule has 0 fully saturated rings. The molecule has 0 radical (unpaired) electrons. The highest BCUT2D eigenvalue weighted by Crippen LogP contribution is 2.32. The molecule has 0 amide bonds. The van der Waals surface area contributed by atoms with Crippen LogP contribution in [0.4, 0.5) is 0 Å². The van der Waals surface area contributed by atoms with Gasteiger partial charge in [-0.05, 0) is 68.5 Å². The number of aromatic hydroxyl groups is 1. The highest BCUT2D eigenvalue weighted by atomic mass is 35.5. The minimum Gasteiger partial charge on any atom is -0.506 e. The SMILES string of the molecule is CCCN(CCC)C1CCc2cc(O)c(Cl)cc2C1. The van der Waals surface area contributed by atoms with E-state index in [0.717, 1.165) is 12.8 Å². The lowest BCUT2D eigenvalue weighted by atomic mass is 9.87. The van der Waals surface area contributed by atoms with Crippen LogP contribution in [0.5, 0.6) is 5.75 Å². The summed E-state index contributed by atoms with van der Waals surface area (Å²) in [5.41, 5.74) is 2.59. The highest BCUT2D eigenvalue weighted by molar-refractivity contribution is 6.32. The molecule has 0 saturated carbocycles. The number of benzene rings is 1. The first-order chi connectivity index (χ1) is 9.15. The van der Waals surface area contributed by atoms with Crippen LogP contribution in [0.3, 0.4) is 0 Å². The molecule has 0 aliphatic heterocycles. The summed E-state index contributed by atoms with van der Waals surface area (Å²) in [6.07, 6.45) is 5.72. The Kier molecular flexibility index (Phi) is 5.12. The lowest BCUT2D eigenvalue weighted by molar-refractivity contribution is 0.180. The van der Waals surface area contributed by atoms with Crippen molar-refractivity contribution in [3.05, 3.63) is 28.3 Å². The van der Waals surface area contributed by atoms with E-state index in [4.69, 9.17) is 11.6 Å². The average molecular weight is 282 g/mol. The van der Waals surface area contributed by atoms with Gasteiger partial charge in [0.05, 0.1) is 5.02 Å². The largest absolute Gasteiger partial charge is 0.506 e. The van der Waals surface area contributed by atoms with Gasteiger partial charge in [-0.3, -0.25) is 0 Å². The predicted octanol–water partition coefficient (Wildman–Crippen LogP) is 4.02. The van der Waals surface area contributed by atoms with Crippen molar-refractivity contribution in [3.63, 3.8) is 0 Å². The van der Waals surface area contributed by atoms with Gasteiger partial charge in [0, 0.05) is 6.04 Å². The van der Waals surface area contributed by atoms with Crippen molar-refractivity contribution < 1.29 is 5.11 Å². The molecule has 0 bridgehead atoms. The zero-order chi connectivity index (χ0) is 13.8. The molecule has 1 aromatic carbocycles. The van der Waals surface area contributed by atoms with Crippen molar-refractivity contribution >= 4 is 11.6 Å². The Balaban J connectivity index is 2.14. The third-order valence-corrected chi connectivity index (χ3v) is 4.31. The van der Waals surface area contributed by atoms with E-state index in [0.29, 0.717) is 11.1 Å². The molecule has 0 spiro atoms. The third kappa shape index (κ3) is 3.43. The normalized spacial score (nSPS) is 18.6. The molecule has 1 atom stereocenters. The van der Waals surface area contributed by atoms with Gasteiger partial charge in [-0.15, -0.1) is 0 Å². The minimum absolute atomic E-state index is 0.220. The van der Waals surface area contributed by atoms with Gasteiger partial charge in [-0.25, -0.2) is 0 Å². The van der Waals surface area contributed by atoms with Gasteiger partial charge < -0.3 is 10.0 Å². The molecular formula is C16H24ClNO. The van der Waals surface area contributed by atoms with Crippen LogP contribution < -0.4 is 0 Å². The molecule has 1 aliphatic rings. The maximum absolute atomic E-state index is 9.68. The second kappa shape index (κ2) is 6.62. The Labute approximate surface area is 121 Å². The highest BCUT2D eigenvalue weighted by Gasteiger charge is 2.24. The van der Waals surface area contributed by atoms with E-state index in [1.165, 1.54) is 43.5 Å². The van der Waals surface area contributed by atoms with E-state index < -0.39 is 0 Å². The van der Waals surface area contributed by atoms with Gasteiger partial charge >= 0.3 is 0 Å². The van der Waals surface area contributed by atoms with Gasteiger partial charge in [0.25, 0.3) is 0 Å². The third-order valence-electron chi connectivity index (χ3n) is 4.01. The van der Waals surface area contributed by atoms with E-state index in [-0.39, 0.29) is 5.75 Å². The van der Waals surface area contributed by atoms with Crippen LogP contribution in [-0.4, -0.2) is 29.1 Å². The van der Waals surface area contributed by atoms with E-state index in [1.807, 2.05) is 12.1 Å². The van der Waals surface area contributed by atoms with Gasteiger partial charge in [-0.1, -0.05) is 25.4 Å². The monoisotopic (exact) mass is 281 g/mol. The molecule has 3 heteroatoms. The minimum atomic E-state index is 0.220. The number of hydrogen-bond donors (Lipinski definition) is 1. The van der Waals surface area contributed by atoms with Gasteiger partial charge in [0.1, 0.15) is 5.75 Å². The molecule has 19 heavy (non-hydrogen) atoms. The Morgan fingerprint density at radius 1 is 1.21 bits per heavy atom. The smallest absolute Gasteiger partial charge is 0.134 e. The lowest BCUT2D eigenvalue weighted by Gasteiger charge is -2.35. The molecule has 2 rings (SSSR count). The fraction of sp³-hybridized carbons (Fsp3) is 0.625. The summed E-state index contributed by atoms with van der Waals surface area (Å²) in [6.45, 7) is 6.85. The molecule has 0 saturated heterocycles. The standard InChI is InChI=1S/C16H24ClNO/c1-3-7-18(8-4-2)14-6-5-12-11-16(19)15(17)10-13(12)9-14/h10-11,14,19H,3-9H2,1-2H3. The van der Waals surface area contributed by atoms with Crippen molar-refractivity contribution in [3.8, 4) is 5.75 Å². The first-order valence-electron chi connectivity index (χ1n) is 7.40. The predicted molar refractivity (Wildman–Crippen MR) is 81.1 cm³/mol. The summed E-state index contributed by atoms with van der Waals surface area (Å²) in [6, 6.07) is 4.43. The lowest BCUT2D eigenvalue weighted by Crippen LogP contribution is -2.40. The number of hydrogen-bond acceptors (Lipinski definition) is 2. The fourth-order valence-corrected chi connectivity index (χ4v) is 3.30. The molecule has 106 valence electrons.